The normalized spacial score (nSPS) is 11.0. The Morgan fingerprint density at radius 1 is 0.853 bits per heavy atom. The Balaban J connectivity index is 1.37. The Kier molecular flexibility index (Phi) is 5.68. The number of aryl methyl sites for hydroxylation is 2. The van der Waals surface area contributed by atoms with E-state index in [0.717, 1.165) is 27.8 Å². The molecule has 0 N–H and O–H groups in total. The van der Waals surface area contributed by atoms with Gasteiger partial charge in [-0.15, -0.1) is 10.2 Å². The lowest BCUT2D eigenvalue weighted by molar-refractivity contribution is 0.0785. The summed E-state index contributed by atoms with van der Waals surface area (Å²) in [7, 11) is 1.85. The second kappa shape index (κ2) is 8.94. The molecule has 0 atom stereocenters. The van der Waals surface area contributed by atoms with E-state index in [2.05, 4.69) is 41.4 Å². The lowest BCUT2D eigenvalue weighted by Gasteiger charge is -2.19. The zero-order valence-electron chi connectivity index (χ0n) is 19.4. The molecule has 0 aliphatic heterocycles. The van der Waals surface area contributed by atoms with Crippen LogP contribution in [-0.4, -0.2) is 28.1 Å². The van der Waals surface area contributed by atoms with Crippen molar-refractivity contribution in [2.45, 2.75) is 20.4 Å². The lowest BCUT2D eigenvalue weighted by Crippen LogP contribution is -2.26. The van der Waals surface area contributed by atoms with Gasteiger partial charge in [0.2, 0.25) is 11.8 Å². The van der Waals surface area contributed by atoms with Crippen LogP contribution >= 0.6 is 0 Å². The predicted octanol–water partition coefficient (Wildman–Crippen LogP) is 6.45. The van der Waals surface area contributed by atoms with Gasteiger partial charge in [0.15, 0.2) is 0 Å². The molecule has 5 aromatic rings. The van der Waals surface area contributed by atoms with E-state index in [1.54, 1.807) is 11.8 Å². The number of carbonyl (C=O) groups excluding carboxylic acids is 1. The van der Waals surface area contributed by atoms with Crippen molar-refractivity contribution >= 4 is 16.7 Å². The molecule has 0 bridgehead atoms. The Hall–Kier alpha value is -4.25. The fraction of sp³-hybridized carbons (Fsp3) is 0.138. The second-order valence-electron chi connectivity index (χ2n) is 8.53. The number of hydrogen-bond acceptors (Lipinski definition) is 4. The van der Waals surface area contributed by atoms with Gasteiger partial charge in [-0.05, 0) is 64.2 Å². The monoisotopic (exact) mass is 447 g/mol. The lowest BCUT2D eigenvalue weighted by atomic mass is 9.97. The van der Waals surface area contributed by atoms with Gasteiger partial charge in [-0.25, -0.2) is 0 Å². The molecule has 5 heteroatoms. The molecule has 0 fully saturated rings. The van der Waals surface area contributed by atoms with Crippen molar-refractivity contribution in [2.75, 3.05) is 7.05 Å². The maximum absolute atomic E-state index is 13.1. The second-order valence-corrected chi connectivity index (χ2v) is 8.53. The Labute approximate surface area is 198 Å². The molecule has 4 aromatic carbocycles. The van der Waals surface area contributed by atoms with E-state index >= 15 is 0 Å². The average molecular weight is 448 g/mol. The number of benzene rings is 4. The van der Waals surface area contributed by atoms with Gasteiger partial charge in [-0.2, -0.15) is 0 Å². The molecule has 0 saturated heterocycles. The van der Waals surface area contributed by atoms with Crippen molar-refractivity contribution in [3.05, 3.63) is 108 Å². The molecule has 34 heavy (non-hydrogen) atoms. The molecule has 1 aromatic heterocycles. The van der Waals surface area contributed by atoms with Gasteiger partial charge in [-0.3, -0.25) is 4.79 Å². The van der Waals surface area contributed by atoms with Crippen LogP contribution in [0.1, 0.15) is 27.4 Å². The van der Waals surface area contributed by atoms with Crippen LogP contribution in [0.3, 0.4) is 0 Å². The minimum atomic E-state index is -0.00806. The van der Waals surface area contributed by atoms with Gasteiger partial charge < -0.3 is 9.32 Å². The van der Waals surface area contributed by atoms with Crippen LogP contribution in [0.2, 0.25) is 0 Å². The summed E-state index contributed by atoms with van der Waals surface area (Å²) in [4.78, 5) is 14.9. The summed E-state index contributed by atoms with van der Waals surface area (Å²) in [5.74, 6) is 1.03. The Morgan fingerprint density at radius 3 is 2.35 bits per heavy atom. The van der Waals surface area contributed by atoms with Crippen LogP contribution in [0.25, 0.3) is 33.4 Å². The molecule has 0 aliphatic carbocycles. The molecular weight excluding hydrogens is 422 g/mol. The number of amides is 1. The van der Waals surface area contributed by atoms with E-state index in [1.165, 1.54) is 10.8 Å². The molecule has 0 saturated carbocycles. The number of aromatic nitrogens is 2. The molecule has 0 radical (unpaired) electrons. The van der Waals surface area contributed by atoms with Crippen LogP contribution < -0.4 is 0 Å². The Bertz CT molecular complexity index is 1480. The molecule has 0 spiro atoms. The highest BCUT2D eigenvalue weighted by molar-refractivity contribution is 5.95. The molecule has 1 heterocycles. The molecular formula is C29H25N3O2. The van der Waals surface area contributed by atoms with Crippen LogP contribution in [0, 0.1) is 13.8 Å². The third kappa shape index (κ3) is 4.20. The number of rotatable bonds is 5. The summed E-state index contributed by atoms with van der Waals surface area (Å²) in [6.07, 6.45) is 0. The average Bonchev–Trinajstić information content (AvgIpc) is 3.30. The first kappa shape index (κ1) is 21.6. The third-order valence-electron chi connectivity index (χ3n) is 6.09. The molecule has 1 amide bonds. The van der Waals surface area contributed by atoms with E-state index in [1.807, 2.05) is 67.7 Å². The molecule has 0 aliphatic rings. The van der Waals surface area contributed by atoms with Crippen molar-refractivity contribution in [3.8, 4) is 22.6 Å². The first-order valence-electron chi connectivity index (χ1n) is 11.2. The quantitative estimate of drug-likeness (QED) is 0.311. The van der Waals surface area contributed by atoms with Gasteiger partial charge in [0.1, 0.15) is 0 Å². The molecule has 5 nitrogen and oxygen atoms in total. The van der Waals surface area contributed by atoms with Crippen molar-refractivity contribution in [3.63, 3.8) is 0 Å². The maximum Gasteiger partial charge on any atom is 0.253 e. The van der Waals surface area contributed by atoms with E-state index in [0.29, 0.717) is 23.9 Å². The van der Waals surface area contributed by atoms with Crippen molar-refractivity contribution in [1.29, 1.82) is 0 Å². The van der Waals surface area contributed by atoms with Crippen LogP contribution in [0.15, 0.2) is 89.3 Å². The minimum Gasteiger partial charge on any atom is -0.421 e. The zero-order chi connectivity index (χ0) is 23.7. The third-order valence-corrected chi connectivity index (χ3v) is 6.09. The fourth-order valence-electron chi connectivity index (χ4n) is 4.25. The van der Waals surface area contributed by atoms with Crippen molar-refractivity contribution < 1.29 is 9.21 Å². The SMILES string of the molecule is Cc1nnc(-c2ccc(C)c(-c3ccc(C(=O)N(C)Cc4cccc5ccccc45)cc3)c2)o1. The summed E-state index contributed by atoms with van der Waals surface area (Å²) in [6, 6.07) is 28.3. The summed E-state index contributed by atoms with van der Waals surface area (Å²) >= 11 is 0. The van der Waals surface area contributed by atoms with E-state index in [4.69, 9.17) is 4.42 Å². The largest absolute Gasteiger partial charge is 0.421 e. The van der Waals surface area contributed by atoms with Gasteiger partial charge in [0.25, 0.3) is 5.91 Å². The first-order chi connectivity index (χ1) is 16.5. The topological polar surface area (TPSA) is 59.2 Å². The molecule has 0 unspecified atom stereocenters. The van der Waals surface area contributed by atoms with Crippen LogP contribution in [0.5, 0.6) is 0 Å². The first-order valence-corrected chi connectivity index (χ1v) is 11.2. The van der Waals surface area contributed by atoms with Crippen molar-refractivity contribution in [2.24, 2.45) is 0 Å². The van der Waals surface area contributed by atoms with Gasteiger partial charge in [0.05, 0.1) is 0 Å². The zero-order valence-corrected chi connectivity index (χ0v) is 19.4. The highest BCUT2D eigenvalue weighted by atomic mass is 16.4. The maximum atomic E-state index is 13.1. The van der Waals surface area contributed by atoms with Gasteiger partial charge in [-0.1, -0.05) is 60.7 Å². The summed E-state index contributed by atoms with van der Waals surface area (Å²) in [6.45, 7) is 4.39. The number of carbonyl (C=O) groups is 1. The van der Waals surface area contributed by atoms with E-state index in [-0.39, 0.29) is 5.91 Å². The minimum absolute atomic E-state index is 0.00806. The van der Waals surface area contributed by atoms with E-state index in [9.17, 15) is 4.79 Å². The van der Waals surface area contributed by atoms with Crippen LogP contribution in [-0.2, 0) is 6.54 Å². The highest BCUT2D eigenvalue weighted by Gasteiger charge is 2.15. The molecule has 168 valence electrons. The highest BCUT2D eigenvalue weighted by Crippen LogP contribution is 2.29. The number of nitrogens with zero attached hydrogens (tertiary/aromatic N) is 3. The number of hydrogen-bond donors (Lipinski definition) is 0. The van der Waals surface area contributed by atoms with Crippen molar-refractivity contribution in [1.82, 2.24) is 15.1 Å². The Morgan fingerprint density at radius 2 is 1.59 bits per heavy atom. The van der Waals surface area contributed by atoms with Crippen LogP contribution in [0.4, 0.5) is 0 Å². The number of fused-ring (bicyclic) bond motifs is 1. The predicted molar refractivity (Wildman–Crippen MR) is 134 cm³/mol. The smallest absolute Gasteiger partial charge is 0.253 e. The van der Waals surface area contributed by atoms with E-state index < -0.39 is 0 Å². The fourth-order valence-corrected chi connectivity index (χ4v) is 4.25. The summed E-state index contributed by atoms with van der Waals surface area (Å²) < 4.78 is 5.58. The summed E-state index contributed by atoms with van der Waals surface area (Å²) in [5, 5.41) is 10.4. The van der Waals surface area contributed by atoms with Gasteiger partial charge >= 0.3 is 0 Å². The molecule has 5 rings (SSSR count). The standard InChI is InChI=1S/C29H25N3O2/c1-19-11-12-24(28-31-30-20(2)34-28)17-27(19)22-13-15-23(16-14-22)29(33)32(3)18-25-9-6-8-21-7-4-5-10-26(21)25/h4-17H,18H2,1-3H3. The van der Waals surface area contributed by atoms with Gasteiger partial charge in [0, 0.05) is 31.6 Å². The summed E-state index contributed by atoms with van der Waals surface area (Å²) in [5.41, 5.74) is 5.89.